The predicted molar refractivity (Wildman–Crippen MR) is 65.3 cm³/mol. The van der Waals surface area contributed by atoms with Crippen molar-refractivity contribution in [2.45, 2.75) is 30.4 Å². The lowest BCUT2D eigenvalue weighted by atomic mass is 10.2. The van der Waals surface area contributed by atoms with Crippen LogP contribution in [0.4, 0.5) is 4.39 Å². The zero-order chi connectivity index (χ0) is 13.5. The first-order chi connectivity index (χ1) is 8.37. The van der Waals surface area contributed by atoms with Crippen LogP contribution in [-0.4, -0.2) is 30.9 Å². The Kier molecular flexibility index (Phi) is 3.64. The van der Waals surface area contributed by atoms with Crippen LogP contribution >= 0.6 is 11.6 Å². The van der Waals surface area contributed by atoms with Crippen molar-refractivity contribution in [3.63, 3.8) is 0 Å². The summed E-state index contributed by atoms with van der Waals surface area (Å²) in [5.74, 6) is -0.936. The van der Waals surface area contributed by atoms with Crippen molar-refractivity contribution in [2.75, 3.05) is 7.05 Å². The van der Waals surface area contributed by atoms with E-state index in [1.165, 1.54) is 13.1 Å². The van der Waals surface area contributed by atoms with E-state index in [-0.39, 0.29) is 16.6 Å². The number of rotatable bonds is 4. The summed E-state index contributed by atoms with van der Waals surface area (Å²) < 4.78 is 39.5. The van der Waals surface area contributed by atoms with Gasteiger partial charge in [-0.3, -0.25) is 0 Å². The summed E-state index contributed by atoms with van der Waals surface area (Å²) in [6.45, 7) is -0.595. The van der Waals surface area contributed by atoms with Gasteiger partial charge in [-0.25, -0.2) is 12.8 Å². The first kappa shape index (κ1) is 13.7. The average molecular weight is 294 g/mol. The van der Waals surface area contributed by atoms with Gasteiger partial charge in [-0.05, 0) is 25.0 Å². The summed E-state index contributed by atoms with van der Waals surface area (Å²) in [7, 11) is -2.48. The van der Waals surface area contributed by atoms with Crippen LogP contribution in [0.25, 0.3) is 0 Å². The van der Waals surface area contributed by atoms with Crippen LogP contribution in [0.2, 0.25) is 5.02 Å². The molecule has 0 aromatic heterocycles. The van der Waals surface area contributed by atoms with E-state index < -0.39 is 27.3 Å². The summed E-state index contributed by atoms with van der Waals surface area (Å²) in [5, 5.41) is 9.07. The normalized spacial score (nSPS) is 16.3. The third-order valence-electron chi connectivity index (χ3n) is 2.97. The van der Waals surface area contributed by atoms with Gasteiger partial charge in [0, 0.05) is 23.7 Å². The minimum absolute atomic E-state index is 0.0639. The Bertz CT molecular complexity index is 572. The Hall–Kier alpha value is -0.690. The Labute approximate surface area is 110 Å². The van der Waals surface area contributed by atoms with E-state index in [1.54, 1.807) is 0 Å². The molecule has 1 aliphatic carbocycles. The molecule has 4 nitrogen and oxygen atoms in total. The number of aliphatic hydroxyl groups excluding tert-OH is 1. The van der Waals surface area contributed by atoms with Crippen molar-refractivity contribution < 1.29 is 17.9 Å². The van der Waals surface area contributed by atoms with Crippen LogP contribution in [0.5, 0.6) is 0 Å². The summed E-state index contributed by atoms with van der Waals surface area (Å²) in [5.41, 5.74) is -0.120. The van der Waals surface area contributed by atoms with Gasteiger partial charge in [0.2, 0.25) is 10.0 Å². The molecular weight excluding hydrogens is 281 g/mol. The molecule has 0 radical (unpaired) electrons. The molecule has 0 amide bonds. The van der Waals surface area contributed by atoms with Crippen LogP contribution in [0, 0.1) is 5.82 Å². The largest absolute Gasteiger partial charge is 0.392 e. The Balaban J connectivity index is 2.53. The van der Waals surface area contributed by atoms with Crippen molar-refractivity contribution >= 4 is 21.6 Å². The molecule has 0 unspecified atom stereocenters. The molecular formula is C11H13ClFNO3S. The molecule has 100 valence electrons. The summed E-state index contributed by atoms with van der Waals surface area (Å²) in [6, 6.07) is 2.23. The number of aliphatic hydroxyl groups is 1. The van der Waals surface area contributed by atoms with Gasteiger partial charge in [0.15, 0.2) is 0 Å². The number of hydrogen-bond donors (Lipinski definition) is 1. The molecule has 0 saturated heterocycles. The van der Waals surface area contributed by atoms with Gasteiger partial charge in [-0.1, -0.05) is 11.6 Å². The number of nitrogens with zero attached hydrogens (tertiary/aromatic N) is 1. The monoisotopic (exact) mass is 293 g/mol. The molecule has 0 aliphatic heterocycles. The van der Waals surface area contributed by atoms with Crippen LogP contribution < -0.4 is 0 Å². The molecule has 1 fully saturated rings. The SMILES string of the molecule is CN(C1CC1)S(=O)(=O)c1cc(Cl)cc(CO)c1F. The molecule has 2 rings (SSSR count). The van der Waals surface area contributed by atoms with Crippen molar-refractivity contribution in [2.24, 2.45) is 0 Å². The lowest BCUT2D eigenvalue weighted by molar-refractivity contribution is 0.274. The Morgan fingerprint density at radius 2 is 2.11 bits per heavy atom. The minimum Gasteiger partial charge on any atom is -0.392 e. The maximum atomic E-state index is 14.0. The number of halogens is 2. The van der Waals surface area contributed by atoms with E-state index in [1.807, 2.05) is 0 Å². The van der Waals surface area contributed by atoms with E-state index in [9.17, 15) is 12.8 Å². The van der Waals surface area contributed by atoms with Gasteiger partial charge in [-0.15, -0.1) is 0 Å². The van der Waals surface area contributed by atoms with Gasteiger partial charge in [0.25, 0.3) is 0 Å². The van der Waals surface area contributed by atoms with Crippen molar-refractivity contribution in [3.8, 4) is 0 Å². The summed E-state index contributed by atoms with van der Waals surface area (Å²) >= 11 is 5.75. The minimum atomic E-state index is -3.90. The molecule has 0 spiro atoms. The maximum absolute atomic E-state index is 14.0. The molecule has 0 bridgehead atoms. The first-order valence-electron chi connectivity index (χ1n) is 5.44. The topological polar surface area (TPSA) is 57.6 Å². The Morgan fingerprint density at radius 3 is 2.61 bits per heavy atom. The Morgan fingerprint density at radius 1 is 1.50 bits per heavy atom. The fraction of sp³-hybridized carbons (Fsp3) is 0.455. The number of hydrogen-bond acceptors (Lipinski definition) is 3. The summed E-state index contributed by atoms with van der Waals surface area (Å²) in [6.07, 6.45) is 1.57. The highest BCUT2D eigenvalue weighted by molar-refractivity contribution is 7.89. The lowest BCUT2D eigenvalue weighted by Gasteiger charge is -2.17. The predicted octanol–water partition coefficient (Wildman–Crippen LogP) is 1.75. The highest BCUT2D eigenvalue weighted by Gasteiger charge is 2.36. The van der Waals surface area contributed by atoms with Gasteiger partial charge >= 0.3 is 0 Å². The molecule has 1 N–H and O–H groups in total. The molecule has 0 heterocycles. The molecule has 7 heteroatoms. The molecule has 1 aliphatic rings. The van der Waals surface area contributed by atoms with E-state index in [0.717, 1.165) is 23.2 Å². The average Bonchev–Trinajstić information content (AvgIpc) is 3.14. The van der Waals surface area contributed by atoms with Crippen LogP contribution in [0.3, 0.4) is 0 Å². The summed E-state index contributed by atoms with van der Waals surface area (Å²) in [4.78, 5) is -0.478. The third kappa shape index (κ3) is 2.38. The fourth-order valence-corrected chi connectivity index (χ4v) is 3.56. The van der Waals surface area contributed by atoms with Crippen LogP contribution in [0.15, 0.2) is 17.0 Å². The second-order valence-corrected chi connectivity index (χ2v) is 6.69. The zero-order valence-corrected chi connectivity index (χ0v) is 11.3. The van der Waals surface area contributed by atoms with Crippen molar-refractivity contribution in [3.05, 3.63) is 28.5 Å². The third-order valence-corrected chi connectivity index (χ3v) is 5.10. The number of sulfonamides is 1. The van der Waals surface area contributed by atoms with Gasteiger partial charge < -0.3 is 5.11 Å². The fourth-order valence-electron chi connectivity index (χ4n) is 1.71. The highest BCUT2D eigenvalue weighted by atomic mass is 35.5. The highest BCUT2D eigenvalue weighted by Crippen LogP contribution is 2.33. The van der Waals surface area contributed by atoms with Crippen molar-refractivity contribution in [1.82, 2.24) is 4.31 Å². The van der Waals surface area contributed by atoms with Crippen LogP contribution in [-0.2, 0) is 16.6 Å². The van der Waals surface area contributed by atoms with E-state index >= 15 is 0 Å². The van der Waals surface area contributed by atoms with E-state index in [2.05, 4.69) is 0 Å². The first-order valence-corrected chi connectivity index (χ1v) is 7.26. The quantitative estimate of drug-likeness (QED) is 0.920. The molecule has 1 aromatic carbocycles. The smallest absolute Gasteiger partial charge is 0.246 e. The van der Waals surface area contributed by atoms with Gasteiger partial charge in [0.1, 0.15) is 10.7 Å². The van der Waals surface area contributed by atoms with E-state index in [0.29, 0.717) is 0 Å². The van der Waals surface area contributed by atoms with E-state index in [4.69, 9.17) is 16.7 Å². The second kappa shape index (κ2) is 4.77. The zero-order valence-electron chi connectivity index (χ0n) is 9.73. The standard InChI is InChI=1S/C11H13ClFNO3S/c1-14(9-2-3-9)18(16,17)10-5-8(12)4-7(6-15)11(10)13/h4-5,9,15H,2-3,6H2,1H3. The second-order valence-electron chi connectivity index (χ2n) is 4.29. The molecule has 0 atom stereocenters. The molecule has 1 aromatic rings. The van der Waals surface area contributed by atoms with Crippen molar-refractivity contribution in [1.29, 1.82) is 0 Å². The molecule has 18 heavy (non-hydrogen) atoms. The van der Waals surface area contributed by atoms with Gasteiger partial charge in [0.05, 0.1) is 6.61 Å². The van der Waals surface area contributed by atoms with Gasteiger partial charge in [-0.2, -0.15) is 4.31 Å². The van der Waals surface area contributed by atoms with Crippen LogP contribution in [0.1, 0.15) is 18.4 Å². The molecule has 1 saturated carbocycles. The lowest BCUT2D eigenvalue weighted by Crippen LogP contribution is -2.29. The number of benzene rings is 1. The maximum Gasteiger partial charge on any atom is 0.246 e.